The summed E-state index contributed by atoms with van der Waals surface area (Å²) >= 11 is 5.14. The van der Waals surface area contributed by atoms with Gasteiger partial charge in [-0.1, -0.05) is 36.5 Å². The third-order valence-electron chi connectivity index (χ3n) is 1.92. The van der Waals surface area contributed by atoms with Crippen LogP contribution in [0.15, 0.2) is 43.0 Å². The molecule has 0 saturated heterocycles. The van der Waals surface area contributed by atoms with Crippen LogP contribution in [0.25, 0.3) is 0 Å². The van der Waals surface area contributed by atoms with Crippen molar-refractivity contribution >= 4 is 22.9 Å². The van der Waals surface area contributed by atoms with Crippen molar-refractivity contribution in [3.63, 3.8) is 0 Å². The Morgan fingerprint density at radius 2 is 2.20 bits per heavy atom. The number of allylic oxidation sites excluding steroid dienone is 1. The van der Waals surface area contributed by atoms with E-state index in [1.165, 1.54) is 0 Å². The summed E-state index contributed by atoms with van der Waals surface area (Å²) in [7, 11) is 0. The topological polar surface area (TPSA) is 35.8 Å². The first-order valence-corrected chi connectivity index (χ1v) is 5.05. The quantitative estimate of drug-likeness (QED) is 0.620. The molecule has 76 valence electrons. The maximum Gasteiger partial charge on any atom is 0.100 e. The van der Waals surface area contributed by atoms with E-state index in [0.717, 1.165) is 5.69 Å². The Bertz CT molecular complexity index is 378. The van der Waals surface area contributed by atoms with E-state index in [2.05, 4.69) is 18.0 Å². The smallest absolute Gasteiger partial charge is 0.100 e. The van der Waals surface area contributed by atoms with Gasteiger partial charge in [0.05, 0.1) is 11.1 Å². The van der Waals surface area contributed by atoms with Crippen LogP contribution < -0.4 is 5.32 Å². The van der Waals surface area contributed by atoms with E-state index in [1.54, 1.807) is 6.08 Å². The fourth-order valence-corrected chi connectivity index (χ4v) is 1.40. The molecule has 0 aliphatic carbocycles. The highest BCUT2D eigenvalue weighted by molar-refractivity contribution is 7.80. The van der Waals surface area contributed by atoms with Crippen LogP contribution in [0.3, 0.4) is 0 Å². The third kappa shape index (κ3) is 3.53. The number of benzene rings is 1. The fraction of sp³-hybridized carbons (Fsp3) is 0.167. The van der Waals surface area contributed by atoms with Gasteiger partial charge in [-0.25, -0.2) is 0 Å². The van der Waals surface area contributed by atoms with E-state index in [4.69, 9.17) is 17.5 Å². The van der Waals surface area contributed by atoms with Crippen LogP contribution in [-0.2, 0) is 0 Å². The maximum absolute atomic E-state index is 8.88. The van der Waals surface area contributed by atoms with E-state index >= 15 is 0 Å². The molecule has 0 aliphatic heterocycles. The van der Waals surface area contributed by atoms with Gasteiger partial charge in [0.25, 0.3) is 0 Å². The zero-order valence-electron chi connectivity index (χ0n) is 8.31. The van der Waals surface area contributed by atoms with Crippen molar-refractivity contribution in [2.24, 2.45) is 5.92 Å². The number of nitrogens with zero attached hydrogens (tertiary/aromatic N) is 1. The van der Waals surface area contributed by atoms with Crippen molar-refractivity contribution in [1.29, 1.82) is 5.26 Å². The first kappa shape index (κ1) is 11.4. The monoisotopic (exact) mass is 216 g/mol. The second-order valence-electron chi connectivity index (χ2n) is 3.06. The molecule has 1 unspecified atom stereocenters. The second kappa shape index (κ2) is 5.94. The van der Waals surface area contributed by atoms with Gasteiger partial charge >= 0.3 is 0 Å². The highest BCUT2D eigenvalue weighted by Crippen LogP contribution is 2.11. The second-order valence-corrected chi connectivity index (χ2v) is 3.50. The summed E-state index contributed by atoms with van der Waals surface area (Å²) in [5.41, 5.74) is 0.909. The van der Waals surface area contributed by atoms with Crippen molar-refractivity contribution in [2.45, 2.75) is 6.42 Å². The van der Waals surface area contributed by atoms with Crippen molar-refractivity contribution < 1.29 is 0 Å². The average Bonchev–Trinajstić information content (AvgIpc) is 2.27. The lowest BCUT2D eigenvalue weighted by molar-refractivity contribution is 0.908. The van der Waals surface area contributed by atoms with E-state index in [9.17, 15) is 0 Å². The molecule has 0 radical (unpaired) electrons. The SMILES string of the molecule is C=CCC(C#N)C(=S)Nc1ccccc1. The fourth-order valence-electron chi connectivity index (χ4n) is 1.14. The summed E-state index contributed by atoms with van der Waals surface area (Å²) in [6, 6.07) is 11.7. The molecular weight excluding hydrogens is 204 g/mol. The lowest BCUT2D eigenvalue weighted by Gasteiger charge is -2.10. The molecule has 1 aromatic rings. The normalized spacial score (nSPS) is 11.1. The molecular formula is C12H12N2S. The third-order valence-corrected chi connectivity index (χ3v) is 2.30. The molecule has 0 aromatic heterocycles. The van der Waals surface area contributed by atoms with Crippen molar-refractivity contribution in [3.8, 4) is 6.07 Å². The van der Waals surface area contributed by atoms with Crippen LogP contribution in [0.2, 0.25) is 0 Å². The van der Waals surface area contributed by atoms with Crippen LogP contribution >= 0.6 is 12.2 Å². The van der Waals surface area contributed by atoms with Gasteiger partial charge in [0.2, 0.25) is 0 Å². The molecule has 0 amide bonds. The summed E-state index contributed by atoms with van der Waals surface area (Å²) in [5.74, 6) is -0.294. The summed E-state index contributed by atoms with van der Waals surface area (Å²) < 4.78 is 0. The molecule has 0 heterocycles. The first-order valence-electron chi connectivity index (χ1n) is 4.64. The molecule has 3 heteroatoms. The van der Waals surface area contributed by atoms with Crippen LogP contribution in [0.1, 0.15) is 6.42 Å². The first-order chi connectivity index (χ1) is 7.27. The Balaban J connectivity index is 2.63. The standard InChI is InChI=1S/C12H12N2S/c1-2-6-10(9-13)12(15)14-11-7-4-3-5-8-11/h2-5,7-8,10H,1,6H2,(H,14,15). The van der Waals surface area contributed by atoms with Gasteiger partial charge in [-0.2, -0.15) is 5.26 Å². The molecule has 0 aliphatic rings. The largest absolute Gasteiger partial charge is 0.349 e. The lowest BCUT2D eigenvalue weighted by Crippen LogP contribution is -2.18. The zero-order valence-corrected chi connectivity index (χ0v) is 9.13. The molecule has 15 heavy (non-hydrogen) atoms. The van der Waals surface area contributed by atoms with Gasteiger partial charge in [0.1, 0.15) is 5.92 Å². The molecule has 1 atom stereocenters. The Morgan fingerprint density at radius 3 is 2.73 bits per heavy atom. The van der Waals surface area contributed by atoms with Gasteiger partial charge in [0, 0.05) is 5.69 Å². The number of anilines is 1. The Hall–Kier alpha value is -1.66. The minimum absolute atomic E-state index is 0.294. The van der Waals surface area contributed by atoms with E-state index in [-0.39, 0.29) is 5.92 Å². The number of thiocarbonyl (C=S) groups is 1. The number of rotatable bonds is 4. The van der Waals surface area contributed by atoms with E-state index in [1.807, 2.05) is 30.3 Å². The molecule has 0 spiro atoms. The van der Waals surface area contributed by atoms with Gasteiger partial charge in [-0.05, 0) is 18.6 Å². The predicted molar refractivity (Wildman–Crippen MR) is 66.6 cm³/mol. The van der Waals surface area contributed by atoms with Crippen molar-refractivity contribution in [1.82, 2.24) is 0 Å². The Kier molecular flexibility index (Phi) is 4.52. The number of nitrogens with one attached hydrogen (secondary N) is 1. The summed E-state index contributed by atoms with van der Waals surface area (Å²) in [4.78, 5) is 0.545. The van der Waals surface area contributed by atoms with Crippen LogP contribution in [0, 0.1) is 17.2 Å². The van der Waals surface area contributed by atoms with E-state index in [0.29, 0.717) is 11.4 Å². The summed E-state index contributed by atoms with van der Waals surface area (Å²) in [5, 5.41) is 11.9. The minimum atomic E-state index is -0.294. The van der Waals surface area contributed by atoms with Crippen molar-refractivity contribution in [2.75, 3.05) is 5.32 Å². The number of hydrogen-bond donors (Lipinski definition) is 1. The Morgan fingerprint density at radius 1 is 1.53 bits per heavy atom. The number of hydrogen-bond acceptors (Lipinski definition) is 2. The molecule has 1 aromatic carbocycles. The number of para-hydroxylation sites is 1. The van der Waals surface area contributed by atoms with Crippen molar-refractivity contribution in [3.05, 3.63) is 43.0 Å². The zero-order chi connectivity index (χ0) is 11.1. The van der Waals surface area contributed by atoms with Crippen LogP contribution in [0.4, 0.5) is 5.69 Å². The average molecular weight is 216 g/mol. The number of nitriles is 1. The minimum Gasteiger partial charge on any atom is -0.349 e. The summed E-state index contributed by atoms with van der Waals surface area (Å²) in [6.07, 6.45) is 2.28. The summed E-state index contributed by atoms with van der Waals surface area (Å²) in [6.45, 7) is 3.60. The Labute approximate surface area is 95.2 Å². The molecule has 2 nitrogen and oxygen atoms in total. The van der Waals surface area contributed by atoms with Gasteiger partial charge < -0.3 is 5.32 Å². The molecule has 1 rings (SSSR count). The maximum atomic E-state index is 8.88. The highest BCUT2D eigenvalue weighted by atomic mass is 32.1. The van der Waals surface area contributed by atoms with Gasteiger partial charge in [-0.15, -0.1) is 6.58 Å². The van der Waals surface area contributed by atoms with Gasteiger partial charge in [0.15, 0.2) is 0 Å². The van der Waals surface area contributed by atoms with Crippen LogP contribution in [0.5, 0.6) is 0 Å². The molecule has 1 N–H and O–H groups in total. The van der Waals surface area contributed by atoms with Crippen LogP contribution in [-0.4, -0.2) is 4.99 Å². The molecule has 0 fully saturated rings. The lowest BCUT2D eigenvalue weighted by atomic mass is 10.1. The molecule has 0 bridgehead atoms. The molecule has 0 saturated carbocycles. The predicted octanol–water partition coefficient (Wildman–Crippen LogP) is 3.14. The highest BCUT2D eigenvalue weighted by Gasteiger charge is 2.11. The van der Waals surface area contributed by atoms with E-state index < -0.39 is 0 Å². The van der Waals surface area contributed by atoms with Gasteiger partial charge in [-0.3, -0.25) is 0 Å².